The molecular formula is C22H24N4O3S. The van der Waals surface area contributed by atoms with Crippen LogP contribution in [0, 0.1) is 11.3 Å². The number of ether oxygens (including phenoxy) is 2. The van der Waals surface area contributed by atoms with Gasteiger partial charge in [-0.3, -0.25) is 4.79 Å². The quantitative estimate of drug-likeness (QED) is 0.487. The molecule has 3 rings (SSSR count). The number of para-hydroxylation sites is 3. The third kappa shape index (κ3) is 4.69. The molecule has 0 saturated carbocycles. The van der Waals surface area contributed by atoms with Crippen LogP contribution in [0.3, 0.4) is 0 Å². The summed E-state index contributed by atoms with van der Waals surface area (Å²) in [4.78, 5) is 19.1. The molecule has 0 spiro atoms. The normalized spacial score (nSPS) is 10.6. The minimum absolute atomic E-state index is 0.0243. The Morgan fingerprint density at radius 1 is 1.20 bits per heavy atom. The molecule has 2 aromatic carbocycles. The lowest BCUT2D eigenvalue weighted by atomic mass is 10.1. The number of nitriles is 1. The molecule has 0 fully saturated rings. The van der Waals surface area contributed by atoms with Gasteiger partial charge in [0.25, 0.3) is 0 Å². The van der Waals surface area contributed by atoms with E-state index >= 15 is 0 Å². The standard InChI is InChI=1S/C22H24N4O3S/c1-25(14-16-8-6-11-19(28-2)21(16)29-3)20(27)15-30-22-24-17-9-4-5-10-18(17)26(22)13-7-12-23/h4-6,8-11H,7,13-15H2,1-3H3. The molecule has 30 heavy (non-hydrogen) atoms. The van der Waals surface area contributed by atoms with E-state index in [0.29, 0.717) is 31.0 Å². The Balaban J connectivity index is 1.71. The monoisotopic (exact) mass is 424 g/mol. The number of fused-ring (bicyclic) bond motifs is 1. The molecule has 0 aliphatic rings. The van der Waals surface area contributed by atoms with Crippen molar-refractivity contribution in [2.45, 2.75) is 24.7 Å². The van der Waals surface area contributed by atoms with Crippen LogP contribution in [0.5, 0.6) is 11.5 Å². The molecule has 0 saturated heterocycles. The van der Waals surface area contributed by atoms with Crippen LogP contribution in [0.25, 0.3) is 11.0 Å². The van der Waals surface area contributed by atoms with Gasteiger partial charge in [0, 0.05) is 25.7 Å². The summed E-state index contributed by atoms with van der Waals surface area (Å²) in [6.45, 7) is 0.953. The molecule has 3 aromatic rings. The molecule has 0 radical (unpaired) electrons. The fourth-order valence-electron chi connectivity index (χ4n) is 3.20. The molecule has 0 unspecified atom stereocenters. The summed E-state index contributed by atoms with van der Waals surface area (Å²) in [7, 11) is 4.94. The Bertz CT molecular complexity index is 1070. The first-order valence-corrected chi connectivity index (χ1v) is 10.5. The molecule has 1 amide bonds. The Hall–Kier alpha value is -3.18. The predicted molar refractivity (Wildman–Crippen MR) is 117 cm³/mol. The zero-order chi connectivity index (χ0) is 21.5. The predicted octanol–water partition coefficient (Wildman–Crippen LogP) is 3.72. The van der Waals surface area contributed by atoms with Crippen molar-refractivity contribution in [1.29, 1.82) is 5.26 Å². The fourth-order valence-corrected chi connectivity index (χ4v) is 4.18. The SMILES string of the molecule is COc1cccc(CN(C)C(=O)CSc2nc3ccccc3n2CCC#N)c1OC. The molecule has 0 aliphatic carbocycles. The lowest BCUT2D eigenvalue weighted by molar-refractivity contribution is -0.127. The number of aromatic nitrogens is 2. The summed E-state index contributed by atoms with van der Waals surface area (Å²) in [5.74, 6) is 1.49. The highest BCUT2D eigenvalue weighted by atomic mass is 32.2. The van der Waals surface area contributed by atoms with E-state index in [1.807, 2.05) is 47.0 Å². The summed E-state index contributed by atoms with van der Waals surface area (Å²) in [6, 6.07) is 15.6. The van der Waals surface area contributed by atoms with Crippen molar-refractivity contribution in [3.63, 3.8) is 0 Å². The van der Waals surface area contributed by atoms with Gasteiger partial charge in [-0.2, -0.15) is 5.26 Å². The maximum absolute atomic E-state index is 12.8. The van der Waals surface area contributed by atoms with E-state index in [0.717, 1.165) is 21.8 Å². The van der Waals surface area contributed by atoms with Crippen molar-refractivity contribution in [3.05, 3.63) is 48.0 Å². The molecule has 1 heterocycles. The van der Waals surface area contributed by atoms with Gasteiger partial charge >= 0.3 is 0 Å². The van der Waals surface area contributed by atoms with E-state index in [4.69, 9.17) is 14.7 Å². The lowest BCUT2D eigenvalue weighted by Crippen LogP contribution is -2.28. The number of hydrogen-bond donors (Lipinski definition) is 0. The Labute approximate surface area is 180 Å². The minimum atomic E-state index is -0.0243. The number of thioether (sulfide) groups is 1. The van der Waals surface area contributed by atoms with Crippen molar-refractivity contribution < 1.29 is 14.3 Å². The Kier molecular flexibility index (Phi) is 7.20. The first kappa shape index (κ1) is 21.5. The third-order valence-electron chi connectivity index (χ3n) is 4.71. The van der Waals surface area contributed by atoms with Crippen LogP contribution in [-0.4, -0.2) is 47.4 Å². The van der Waals surface area contributed by atoms with Crippen LogP contribution >= 0.6 is 11.8 Å². The second kappa shape index (κ2) is 10.0. The molecule has 0 aliphatic heterocycles. The number of hydrogen-bond acceptors (Lipinski definition) is 6. The van der Waals surface area contributed by atoms with Crippen LogP contribution in [0.2, 0.25) is 0 Å². The first-order chi connectivity index (χ1) is 14.6. The van der Waals surface area contributed by atoms with E-state index < -0.39 is 0 Å². The largest absolute Gasteiger partial charge is 0.493 e. The highest BCUT2D eigenvalue weighted by molar-refractivity contribution is 7.99. The van der Waals surface area contributed by atoms with Gasteiger partial charge in [-0.25, -0.2) is 4.98 Å². The molecule has 156 valence electrons. The van der Waals surface area contributed by atoms with Crippen molar-refractivity contribution in [1.82, 2.24) is 14.5 Å². The zero-order valence-electron chi connectivity index (χ0n) is 17.3. The summed E-state index contributed by atoms with van der Waals surface area (Å²) >= 11 is 1.38. The third-order valence-corrected chi connectivity index (χ3v) is 5.67. The first-order valence-electron chi connectivity index (χ1n) is 9.48. The van der Waals surface area contributed by atoms with Gasteiger partial charge in [-0.15, -0.1) is 0 Å². The minimum Gasteiger partial charge on any atom is -0.493 e. The molecule has 1 aromatic heterocycles. The van der Waals surface area contributed by atoms with Crippen molar-refractivity contribution in [2.24, 2.45) is 0 Å². The van der Waals surface area contributed by atoms with Crippen molar-refractivity contribution in [3.8, 4) is 17.6 Å². The van der Waals surface area contributed by atoms with Gasteiger partial charge in [0.2, 0.25) is 5.91 Å². The van der Waals surface area contributed by atoms with Crippen LogP contribution in [0.15, 0.2) is 47.6 Å². The zero-order valence-corrected chi connectivity index (χ0v) is 18.1. The smallest absolute Gasteiger partial charge is 0.233 e. The maximum atomic E-state index is 12.8. The second-order valence-corrected chi connectivity index (χ2v) is 7.58. The van der Waals surface area contributed by atoms with Crippen molar-refractivity contribution >= 4 is 28.7 Å². The number of methoxy groups -OCH3 is 2. The Morgan fingerprint density at radius 3 is 2.73 bits per heavy atom. The number of nitrogens with zero attached hydrogens (tertiary/aromatic N) is 4. The molecule has 7 nitrogen and oxygen atoms in total. The summed E-state index contributed by atoms with van der Waals surface area (Å²) in [5, 5.41) is 9.71. The summed E-state index contributed by atoms with van der Waals surface area (Å²) < 4.78 is 12.8. The number of aryl methyl sites for hydroxylation is 1. The summed E-state index contributed by atoms with van der Waals surface area (Å²) in [6.07, 6.45) is 0.386. The maximum Gasteiger partial charge on any atom is 0.233 e. The highest BCUT2D eigenvalue weighted by Gasteiger charge is 2.17. The van der Waals surface area contributed by atoms with E-state index in [1.54, 1.807) is 26.2 Å². The summed E-state index contributed by atoms with van der Waals surface area (Å²) in [5.41, 5.74) is 2.70. The molecule has 0 N–H and O–H groups in total. The van der Waals surface area contributed by atoms with Gasteiger partial charge in [-0.1, -0.05) is 36.0 Å². The van der Waals surface area contributed by atoms with E-state index in [2.05, 4.69) is 11.1 Å². The number of benzene rings is 2. The van der Waals surface area contributed by atoms with Crippen LogP contribution in [-0.2, 0) is 17.9 Å². The number of carbonyl (C=O) groups excluding carboxylic acids is 1. The molecular weight excluding hydrogens is 400 g/mol. The van der Waals surface area contributed by atoms with Crippen LogP contribution < -0.4 is 9.47 Å². The number of carbonyl (C=O) groups is 1. The van der Waals surface area contributed by atoms with Crippen LogP contribution in [0.1, 0.15) is 12.0 Å². The van der Waals surface area contributed by atoms with E-state index in [9.17, 15) is 4.79 Å². The topological polar surface area (TPSA) is 80.4 Å². The van der Waals surface area contributed by atoms with Gasteiger partial charge in [-0.05, 0) is 18.2 Å². The second-order valence-electron chi connectivity index (χ2n) is 6.63. The highest BCUT2D eigenvalue weighted by Crippen LogP contribution is 2.31. The molecule has 8 heteroatoms. The van der Waals surface area contributed by atoms with E-state index in [-0.39, 0.29) is 11.7 Å². The lowest BCUT2D eigenvalue weighted by Gasteiger charge is -2.20. The number of imidazole rings is 1. The van der Waals surface area contributed by atoms with Gasteiger partial charge in [0.05, 0.1) is 43.5 Å². The number of rotatable bonds is 9. The fraction of sp³-hybridized carbons (Fsp3) is 0.318. The average Bonchev–Trinajstić information content (AvgIpc) is 3.12. The molecule has 0 bridgehead atoms. The average molecular weight is 425 g/mol. The van der Waals surface area contributed by atoms with Gasteiger partial charge in [0.1, 0.15) is 0 Å². The molecule has 0 atom stereocenters. The van der Waals surface area contributed by atoms with Crippen molar-refractivity contribution in [2.75, 3.05) is 27.0 Å². The Morgan fingerprint density at radius 2 is 2.00 bits per heavy atom. The van der Waals surface area contributed by atoms with Crippen LogP contribution in [0.4, 0.5) is 0 Å². The van der Waals surface area contributed by atoms with Gasteiger partial charge in [0.15, 0.2) is 16.7 Å². The van der Waals surface area contributed by atoms with Gasteiger partial charge < -0.3 is 18.9 Å². The number of amides is 1. The van der Waals surface area contributed by atoms with E-state index in [1.165, 1.54) is 11.8 Å².